The maximum absolute atomic E-state index is 8.45. The summed E-state index contributed by atoms with van der Waals surface area (Å²) in [6.07, 6.45) is 3.44. The molecule has 0 unspecified atom stereocenters. The van der Waals surface area contributed by atoms with E-state index < -0.39 is 0 Å². The van der Waals surface area contributed by atoms with Crippen molar-refractivity contribution in [2.75, 3.05) is 5.73 Å². The molecule has 70 valence electrons. The van der Waals surface area contributed by atoms with Crippen molar-refractivity contribution in [2.45, 2.75) is 13.0 Å². The average molecular weight is 188 g/mol. The molecule has 0 atom stereocenters. The van der Waals surface area contributed by atoms with Gasteiger partial charge in [0, 0.05) is 6.54 Å². The van der Waals surface area contributed by atoms with E-state index in [1.165, 1.54) is 6.33 Å². The lowest BCUT2D eigenvalue weighted by molar-refractivity contribution is 0.729. The first-order chi connectivity index (χ1) is 6.83. The van der Waals surface area contributed by atoms with Crippen molar-refractivity contribution < 1.29 is 0 Å². The molecule has 2 aromatic rings. The third-order valence-corrected chi connectivity index (χ3v) is 1.89. The minimum absolute atomic E-state index is 0.366. The fraction of sp³-hybridized carbons (Fsp3) is 0.250. The van der Waals surface area contributed by atoms with Crippen LogP contribution in [0.5, 0.6) is 0 Å². The van der Waals surface area contributed by atoms with E-state index in [4.69, 9.17) is 11.0 Å². The van der Waals surface area contributed by atoms with Gasteiger partial charge < -0.3 is 10.3 Å². The van der Waals surface area contributed by atoms with E-state index in [2.05, 4.69) is 21.0 Å². The molecule has 0 aliphatic carbocycles. The Morgan fingerprint density at radius 1 is 1.43 bits per heavy atom. The zero-order valence-electron chi connectivity index (χ0n) is 7.38. The first kappa shape index (κ1) is 8.44. The maximum Gasteiger partial charge on any atom is 0.165 e. The predicted octanol–water partition coefficient (Wildman–Crippen LogP) is 0.322. The van der Waals surface area contributed by atoms with E-state index in [0.717, 1.165) is 0 Å². The molecule has 0 aliphatic heterocycles. The van der Waals surface area contributed by atoms with Crippen molar-refractivity contribution in [2.24, 2.45) is 0 Å². The van der Waals surface area contributed by atoms with Crippen LogP contribution in [-0.2, 0) is 6.54 Å². The molecule has 0 saturated carbocycles. The number of nitriles is 1. The molecular formula is C8H8N6. The Labute approximate surface area is 80.0 Å². The Balaban J connectivity index is 2.48. The van der Waals surface area contributed by atoms with Crippen molar-refractivity contribution in [1.82, 2.24) is 19.5 Å². The first-order valence-electron chi connectivity index (χ1n) is 4.11. The van der Waals surface area contributed by atoms with Crippen LogP contribution in [0, 0.1) is 11.3 Å². The average Bonchev–Trinajstić information content (AvgIpc) is 2.60. The predicted molar refractivity (Wildman–Crippen MR) is 50.0 cm³/mol. The van der Waals surface area contributed by atoms with Gasteiger partial charge in [-0.25, -0.2) is 15.0 Å². The van der Waals surface area contributed by atoms with Crippen LogP contribution in [0.4, 0.5) is 5.82 Å². The van der Waals surface area contributed by atoms with E-state index in [-0.39, 0.29) is 0 Å². The van der Waals surface area contributed by atoms with Gasteiger partial charge in [0.2, 0.25) is 0 Å². The van der Waals surface area contributed by atoms with Crippen molar-refractivity contribution in [3.63, 3.8) is 0 Å². The highest BCUT2D eigenvalue weighted by molar-refractivity contribution is 5.80. The molecule has 0 aliphatic rings. The second-order valence-corrected chi connectivity index (χ2v) is 2.78. The van der Waals surface area contributed by atoms with Gasteiger partial charge in [0.05, 0.1) is 18.8 Å². The summed E-state index contributed by atoms with van der Waals surface area (Å²) >= 11 is 0. The van der Waals surface area contributed by atoms with Crippen LogP contribution in [0.3, 0.4) is 0 Å². The number of aromatic nitrogens is 4. The van der Waals surface area contributed by atoms with E-state index >= 15 is 0 Å². The van der Waals surface area contributed by atoms with Crippen molar-refractivity contribution in [3.8, 4) is 6.07 Å². The number of imidazole rings is 1. The molecule has 6 heteroatoms. The summed E-state index contributed by atoms with van der Waals surface area (Å²) in [6.45, 7) is 0.573. The van der Waals surface area contributed by atoms with Gasteiger partial charge in [-0.15, -0.1) is 0 Å². The minimum atomic E-state index is 0.366. The normalized spacial score (nSPS) is 10.2. The fourth-order valence-electron chi connectivity index (χ4n) is 1.23. The van der Waals surface area contributed by atoms with Gasteiger partial charge in [-0.2, -0.15) is 5.26 Å². The number of anilines is 1. The Bertz CT molecular complexity index is 494. The summed E-state index contributed by atoms with van der Waals surface area (Å²) < 4.78 is 1.79. The molecule has 0 spiro atoms. The molecule has 0 radical (unpaired) electrons. The van der Waals surface area contributed by atoms with Gasteiger partial charge in [-0.1, -0.05) is 0 Å². The van der Waals surface area contributed by atoms with Crippen LogP contribution >= 0.6 is 0 Å². The summed E-state index contributed by atoms with van der Waals surface area (Å²) in [5.41, 5.74) is 6.87. The highest BCUT2D eigenvalue weighted by Crippen LogP contribution is 2.13. The van der Waals surface area contributed by atoms with Crippen molar-refractivity contribution >= 4 is 17.0 Å². The minimum Gasteiger partial charge on any atom is -0.382 e. The lowest BCUT2D eigenvalue weighted by Gasteiger charge is -1.98. The molecule has 0 aromatic carbocycles. The van der Waals surface area contributed by atoms with Crippen molar-refractivity contribution in [3.05, 3.63) is 12.7 Å². The summed E-state index contributed by atoms with van der Waals surface area (Å²) in [4.78, 5) is 12.0. The number of nitrogens with zero attached hydrogens (tertiary/aromatic N) is 5. The Morgan fingerprint density at radius 3 is 3.07 bits per heavy atom. The molecule has 0 saturated heterocycles. The summed E-state index contributed by atoms with van der Waals surface area (Å²) in [6, 6.07) is 2.06. The second-order valence-electron chi connectivity index (χ2n) is 2.78. The molecule has 2 N–H and O–H groups in total. The van der Waals surface area contributed by atoms with Gasteiger partial charge in [-0.3, -0.25) is 0 Å². The number of aryl methyl sites for hydroxylation is 1. The summed E-state index contributed by atoms with van der Waals surface area (Å²) in [5, 5.41) is 8.45. The molecule has 2 rings (SSSR count). The molecule has 14 heavy (non-hydrogen) atoms. The van der Waals surface area contributed by atoms with Gasteiger partial charge >= 0.3 is 0 Å². The number of fused-ring (bicyclic) bond motifs is 1. The highest BCUT2D eigenvalue weighted by atomic mass is 15.1. The summed E-state index contributed by atoms with van der Waals surface area (Å²) in [7, 11) is 0. The topological polar surface area (TPSA) is 93.4 Å². The molecule has 6 nitrogen and oxygen atoms in total. The quantitative estimate of drug-likeness (QED) is 0.732. The van der Waals surface area contributed by atoms with E-state index in [1.54, 1.807) is 10.9 Å². The fourth-order valence-corrected chi connectivity index (χ4v) is 1.23. The molecule has 2 aromatic heterocycles. The zero-order chi connectivity index (χ0) is 9.97. The molecular weight excluding hydrogens is 180 g/mol. The number of nitrogens with two attached hydrogens (primary N) is 1. The number of rotatable bonds is 2. The van der Waals surface area contributed by atoms with Gasteiger partial charge in [0.15, 0.2) is 11.5 Å². The van der Waals surface area contributed by atoms with Gasteiger partial charge in [-0.05, 0) is 0 Å². The van der Waals surface area contributed by atoms with Crippen molar-refractivity contribution in [1.29, 1.82) is 5.26 Å². The van der Waals surface area contributed by atoms with Crippen LogP contribution in [-0.4, -0.2) is 19.5 Å². The molecule has 2 heterocycles. The molecule has 0 bridgehead atoms. The van der Waals surface area contributed by atoms with Gasteiger partial charge in [0.1, 0.15) is 11.8 Å². The summed E-state index contributed by atoms with van der Waals surface area (Å²) in [5.74, 6) is 0.366. The second kappa shape index (κ2) is 3.30. The third kappa shape index (κ3) is 1.25. The maximum atomic E-state index is 8.45. The van der Waals surface area contributed by atoms with Crippen LogP contribution in [0.2, 0.25) is 0 Å². The van der Waals surface area contributed by atoms with E-state index in [9.17, 15) is 0 Å². The number of hydrogen-bond acceptors (Lipinski definition) is 5. The van der Waals surface area contributed by atoms with E-state index in [0.29, 0.717) is 29.9 Å². The number of hydrogen-bond donors (Lipinski definition) is 1. The standard InChI is InChI=1S/C8H8N6/c9-2-1-3-14-5-13-6-7(10)11-4-12-8(6)14/h4-5H,1,3H2,(H2,10,11,12). The van der Waals surface area contributed by atoms with Gasteiger partial charge in [0.25, 0.3) is 0 Å². The van der Waals surface area contributed by atoms with E-state index in [1.807, 2.05) is 0 Å². The highest BCUT2D eigenvalue weighted by Gasteiger charge is 2.06. The Morgan fingerprint density at radius 2 is 2.29 bits per heavy atom. The monoisotopic (exact) mass is 188 g/mol. The van der Waals surface area contributed by atoms with Crippen LogP contribution < -0.4 is 5.73 Å². The molecule has 0 amide bonds. The van der Waals surface area contributed by atoms with Crippen LogP contribution in [0.25, 0.3) is 11.2 Å². The number of nitrogen functional groups attached to an aromatic ring is 1. The zero-order valence-corrected chi connectivity index (χ0v) is 7.38. The smallest absolute Gasteiger partial charge is 0.165 e. The van der Waals surface area contributed by atoms with Crippen LogP contribution in [0.15, 0.2) is 12.7 Å². The first-order valence-corrected chi connectivity index (χ1v) is 4.11. The largest absolute Gasteiger partial charge is 0.382 e. The van der Waals surface area contributed by atoms with Crippen LogP contribution in [0.1, 0.15) is 6.42 Å². The SMILES string of the molecule is N#CCCn1cnc2c(N)ncnc21. The lowest BCUT2D eigenvalue weighted by atomic mass is 10.4. The lowest BCUT2D eigenvalue weighted by Crippen LogP contribution is -1.98. The molecule has 0 fully saturated rings. The third-order valence-electron chi connectivity index (χ3n) is 1.89. The Kier molecular flexibility index (Phi) is 1.99. The Hall–Kier alpha value is -2.16.